The molecule has 0 radical (unpaired) electrons. The summed E-state index contributed by atoms with van der Waals surface area (Å²) in [4.78, 5) is 12.0. The van der Waals surface area contributed by atoms with Gasteiger partial charge in [-0.25, -0.2) is 0 Å². The van der Waals surface area contributed by atoms with E-state index in [1.165, 1.54) is 18.2 Å². The number of nitrogens with zero attached hydrogens (tertiary/aromatic N) is 2. The molecule has 1 heterocycles. The first-order valence-electron chi connectivity index (χ1n) is 6.29. The lowest BCUT2D eigenvalue weighted by molar-refractivity contribution is 0.104. The maximum Gasteiger partial charge on any atom is 0.189 e. The molecular formula is C15H16N2O3. The minimum Gasteiger partial charge on any atom is -0.508 e. The van der Waals surface area contributed by atoms with Gasteiger partial charge in [0, 0.05) is 24.4 Å². The number of carbonyl (C=O) groups excluding carboxylic acids is 1. The molecule has 0 saturated carbocycles. The summed E-state index contributed by atoms with van der Waals surface area (Å²) in [5, 5.41) is 23.1. The van der Waals surface area contributed by atoms with Gasteiger partial charge in [-0.15, -0.1) is 0 Å². The molecule has 0 bridgehead atoms. The molecule has 20 heavy (non-hydrogen) atoms. The van der Waals surface area contributed by atoms with Gasteiger partial charge in [0.05, 0.1) is 11.3 Å². The Morgan fingerprint density at radius 1 is 1.40 bits per heavy atom. The van der Waals surface area contributed by atoms with E-state index in [4.69, 9.17) is 0 Å². The van der Waals surface area contributed by atoms with Crippen LogP contribution in [0, 0.1) is 6.92 Å². The lowest BCUT2D eigenvalue weighted by Crippen LogP contribution is -1.94. The third-order valence-corrected chi connectivity index (χ3v) is 2.97. The van der Waals surface area contributed by atoms with E-state index >= 15 is 0 Å². The van der Waals surface area contributed by atoms with Gasteiger partial charge in [-0.1, -0.05) is 0 Å². The van der Waals surface area contributed by atoms with Crippen molar-refractivity contribution in [2.24, 2.45) is 0 Å². The first kappa shape index (κ1) is 13.9. The molecule has 1 aromatic heterocycles. The summed E-state index contributed by atoms with van der Waals surface area (Å²) in [5.74, 6) is -0.644. The van der Waals surface area contributed by atoms with Gasteiger partial charge in [0.2, 0.25) is 0 Å². The van der Waals surface area contributed by atoms with Crippen LogP contribution in [0.25, 0.3) is 6.08 Å². The number of allylic oxidation sites excluding steroid dienone is 1. The molecule has 0 unspecified atom stereocenters. The Morgan fingerprint density at radius 2 is 2.15 bits per heavy atom. The predicted octanol–water partition coefficient (Wildman–Crippen LogP) is 2.52. The van der Waals surface area contributed by atoms with Gasteiger partial charge in [-0.2, -0.15) is 5.10 Å². The van der Waals surface area contributed by atoms with E-state index < -0.39 is 0 Å². The number of aryl methyl sites for hydroxylation is 2. The van der Waals surface area contributed by atoms with E-state index in [1.54, 1.807) is 10.8 Å². The molecule has 0 amide bonds. The van der Waals surface area contributed by atoms with Crippen molar-refractivity contribution in [1.29, 1.82) is 0 Å². The molecule has 0 fully saturated rings. The SMILES string of the molecule is CCn1cc(/C=C/C(=O)c2ccc(O)cc2O)c(C)n1. The summed E-state index contributed by atoms with van der Waals surface area (Å²) in [6.45, 7) is 4.62. The van der Waals surface area contributed by atoms with Crippen LogP contribution >= 0.6 is 0 Å². The third-order valence-electron chi connectivity index (χ3n) is 2.97. The minimum absolute atomic E-state index is 0.0805. The lowest BCUT2D eigenvalue weighted by atomic mass is 10.1. The van der Waals surface area contributed by atoms with Gasteiger partial charge in [0.25, 0.3) is 0 Å². The highest BCUT2D eigenvalue weighted by atomic mass is 16.3. The number of aromatic nitrogens is 2. The molecule has 1 aromatic carbocycles. The molecule has 5 nitrogen and oxygen atoms in total. The molecule has 0 aliphatic heterocycles. The minimum atomic E-state index is -0.328. The smallest absolute Gasteiger partial charge is 0.189 e. The van der Waals surface area contributed by atoms with Gasteiger partial charge in [0.15, 0.2) is 5.78 Å². The van der Waals surface area contributed by atoms with Crippen LogP contribution in [0.2, 0.25) is 0 Å². The van der Waals surface area contributed by atoms with Crippen LogP contribution in [0.5, 0.6) is 11.5 Å². The highest BCUT2D eigenvalue weighted by Crippen LogP contribution is 2.23. The zero-order valence-electron chi connectivity index (χ0n) is 11.4. The van der Waals surface area contributed by atoms with E-state index in [0.29, 0.717) is 0 Å². The first-order valence-corrected chi connectivity index (χ1v) is 6.29. The van der Waals surface area contributed by atoms with Gasteiger partial charge >= 0.3 is 0 Å². The number of phenols is 2. The predicted molar refractivity (Wildman–Crippen MR) is 75.8 cm³/mol. The van der Waals surface area contributed by atoms with Crippen LogP contribution in [-0.4, -0.2) is 25.8 Å². The Labute approximate surface area is 116 Å². The Kier molecular flexibility index (Phi) is 3.89. The topological polar surface area (TPSA) is 75.4 Å². The van der Waals surface area contributed by atoms with Crippen LogP contribution in [0.1, 0.15) is 28.5 Å². The fourth-order valence-electron chi connectivity index (χ4n) is 1.84. The molecule has 0 spiro atoms. The van der Waals surface area contributed by atoms with Crippen LogP contribution in [0.4, 0.5) is 0 Å². The van der Waals surface area contributed by atoms with Gasteiger partial charge < -0.3 is 10.2 Å². The van der Waals surface area contributed by atoms with E-state index in [2.05, 4.69) is 5.10 Å². The molecule has 5 heteroatoms. The number of hydrogen-bond donors (Lipinski definition) is 2. The Morgan fingerprint density at radius 3 is 2.75 bits per heavy atom. The Hall–Kier alpha value is -2.56. The van der Waals surface area contributed by atoms with Crippen molar-refractivity contribution in [3.05, 3.63) is 47.3 Å². The number of rotatable bonds is 4. The van der Waals surface area contributed by atoms with Crippen LogP contribution in [0.15, 0.2) is 30.5 Å². The third kappa shape index (κ3) is 2.88. The van der Waals surface area contributed by atoms with Crippen molar-refractivity contribution in [1.82, 2.24) is 9.78 Å². The molecule has 0 saturated heterocycles. The second-order valence-corrected chi connectivity index (χ2v) is 4.42. The number of benzene rings is 1. The molecule has 104 valence electrons. The van der Waals surface area contributed by atoms with Crippen LogP contribution in [-0.2, 0) is 6.54 Å². The molecule has 2 N–H and O–H groups in total. The summed E-state index contributed by atoms with van der Waals surface area (Å²) < 4.78 is 1.79. The van der Waals surface area contributed by atoms with Crippen molar-refractivity contribution < 1.29 is 15.0 Å². The largest absolute Gasteiger partial charge is 0.508 e. The summed E-state index contributed by atoms with van der Waals surface area (Å²) in [6.07, 6.45) is 4.91. The summed E-state index contributed by atoms with van der Waals surface area (Å²) in [6, 6.07) is 3.89. The number of phenolic OH excluding ortho intramolecular Hbond substituents is 2. The quantitative estimate of drug-likeness (QED) is 0.662. The van der Waals surface area contributed by atoms with E-state index in [1.807, 2.05) is 20.0 Å². The normalized spacial score (nSPS) is 11.1. The number of carbonyl (C=O) groups is 1. The summed E-state index contributed by atoms with van der Waals surface area (Å²) >= 11 is 0. The lowest BCUT2D eigenvalue weighted by Gasteiger charge is -2.00. The monoisotopic (exact) mass is 272 g/mol. The van der Waals surface area contributed by atoms with Gasteiger partial charge in [-0.05, 0) is 38.1 Å². The Balaban J connectivity index is 2.22. The summed E-state index contributed by atoms with van der Waals surface area (Å²) in [5.41, 5.74) is 1.85. The van der Waals surface area contributed by atoms with Crippen molar-refractivity contribution in [2.75, 3.05) is 0 Å². The average molecular weight is 272 g/mol. The maximum atomic E-state index is 12.0. The van der Waals surface area contributed by atoms with Crippen LogP contribution in [0.3, 0.4) is 0 Å². The van der Waals surface area contributed by atoms with E-state index in [0.717, 1.165) is 23.9 Å². The molecule has 2 rings (SSSR count). The van der Waals surface area contributed by atoms with Crippen molar-refractivity contribution in [2.45, 2.75) is 20.4 Å². The molecular weight excluding hydrogens is 256 g/mol. The van der Waals surface area contributed by atoms with Crippen molar-refractivity contribution in [3.63, 3.8) is 0 Å². The van der Waals surface area contributed by atoms with Crippen molar-refractivity contribution in [3.8, 4) is 11.5 Å². The molecule has 0 aliphatic rings. The average Bonchev–Trinajstić information content (AvgIpc) is 2.76. The van der Waals surface area contributed by atoms with Gasteiger partial charge in [-0.3, -0.25) is 9.48 Å². The fraction of sp³-hybridized carbons (Fsp3) is 0.200. The molecule has 2 aromatic rings. The number of ketones is 1. The van der Waals surface area contributed by atoms with Crippen LogP contribution < -0.4 is 0 Å². The Bertz CT molecular complexity index is 672. The number of aromatic hydroxyl groups is 2. The highest BCUT2D eigenvalue weighted by Gasteiger charge is 2.09. The zero-order valence-corrected chi connectivity index (χ0v) is 11.4. The maximum absolute atomic E-state index is 12.0. The second kappa shape index (κ2) is 5.61. The van der Waals surface area contributed by atoms with Crippen molar-refractivity contribution >= 4 is 11.9 Å². The van der Waals surface area contributed by atoms with Gasteiger partial charge in [0.1, 0.15) is 11.5 Å². The second-order valence-electron chi connectivity index (χ2n) is 4.42. The molecule has 0 atom stereocenters. The molecule has 0 aliphatic carbocycles. The first-order chi connectivity index (χ1) is 9.51. The zero-order chi connectivity index (χ0) is 14.7. The summed E-state index contributed by atoms with van der Waals surface area (Å²) in [7, 11) is 0. The van der Waals surface area contributed by atoms with E-state index in [9.17, 15) is 15.0 Å². The fourth-order valence-corrected chi connectivity index (χ4v) is 1.84. The highest BCUT2D eigenvalue weighted by molar-refractivity contribution is 6.08. The number of hydrogen-bond acceptors (Lipinski definition) is 4. The standard InChI is InChI=1S/C15H16N2O3/c1-3-17-9-11(10(2)16-17)4-7-14(19)13-6-5-12(18)8-15(13)20/h4-9,18,20H,3H2,1-2H3/b7-4+. The van der Waals surface area contributed by atoms with E-state index in [-0.39, 0.29) is 22.8 Å².